The smallest absolute Gasteiger partial charge is 0.276 e. The Morgan fingerprint density at radius 3 is 3.10 bits per heavy atom. The zero-order chi connectivity index (χ0) is 14.3. The lowest BCUT2D eigenvalue weighted by Crippen LogP contribution is -2.33. The fourth-order valence-electron chi connectivity index (χ4n) is 2.60. The van der Waals surface area contributed by atoms with Crippen LogP contribution < -0.4 is 10.6 Å². The van der Waals surface area contributed by atoms with E-state index in [1.54, 1.807) is 11.3 Å². The van der Waals surface area contributed by atoms with Gasteiger partial charge in [-0.25, -0.2) is 4.98 Å². The van der Waals surface area contributed by atoms with Crippen LogP contribution >= 0.6 is 11.3 Å². The Kier molecular flexibility index (Phi) is 3.06. The largest absolute Gasteiger partial charge is 0.383 e. The monoisotopic (exact) mass is 290 g/mol. The number of hydrogen-bond donors (Lipinski definition) is 1. The topological polar surface area (TPSA) is 85.3 Å². The van der Waals surface area contributed by atoms with Gasteiger partial charge in [-0.3, -0.25) is 10.1 Å². The van der Waals surface area contributed by atoms with Crippen LogP contribution in [0.2, 0.25) is 0 Å². The van der Waals surface area contributed by atoms with Crippen LogP contribution in [0.4, 0.5) is 17.3 Å². The van der Waals surface area contributed by atoms with E-state index < -0.39 is 4.92 Å². The Morgan fingerprint density at radius 1 is 1.55 bits per heavy atom. The van der Waals surface area contributed by atoms with Crippen LogP contribution in [-0.4, -0.2) is 16.5 Å². The number of fused-ring (bicyclic) bond motifs is 1. The van der Waals surface area contributed by atoms with Crippen LogP contribution in [0.5, 0.6) is 0 Å². The molecule has 0 fully saturated rings. The fraction of sp³-hybridized carbons (Fsp3) is 0.308. The predicted molar refractivity (Wildman–Crippen MR) is 79.1 cm³/mol. The summed E-state index contributed by atoms with van der Waals surface area (Å²) in [6.07, 6.45) is 0.932. The van der Waals surface area contributed by atoms with E-state index in [9.17, 15) is 10.1 Å². The Bertz CT molecular complexity index is 670. The van der Waals surface area contributed by atoms with Crippen molar-refractivity contribution in [3.63, 3.8) is 0 Å². The molecule has 7 heteroatoms. The van der Waals surface area contributed by atoms with Crippen molar-refractivity contribution in [1.82, 2.24) is 4.98 Å². The molecule has 0 bridgehead atoms. The average Bonchev–Trinajstić information content (AvgIpc) is 2.87. The molecule has 0 spiro atoms. The van der Waals surface area contributed by atoms with Crippen molar-refractivity contribution in [3.05, 3.63) is 44.1 Å². The van der Waals surface area contributed by atoms with E-state index in [0.29, 0.717) is 5.82 Å². The second kappa shape index (κ2) is 4.75. The molecule has 2 N–H and O–H groups in total. The van der Waals surface area contributed by atoms with Gasteiger partial charge in [0, 0.05) is 11.4 Å². The summed E-state index contributed by atoms with van der Waals surface area (Å²) in [5.74, 6) is 0.749. The predicted octanol–water partition coefficient (Wildman–Crippen LogP) is 2.76. The van der Waals surface area contributed by atoms with Gasteiger partial charge in [0.15, 0.2) is 0 Å². The van der Waals surface area contributed by atoms with Crippen molar-refractivity contribution < 1.29 is 4.92 Å². The summed E-state index contributed by atoms with van der Waals surface area (Å²) >= 11 is 1.76. The van der Waals surface area contributed by atoms with E-state index in [1.807, 2.05) is 0 Å². The summed E-state index contributed by atoms with van der Waals surface area (Å²) in [4.78, 5) is 18.2. The molecule has 1 atom stereocenters. The Hall–Kier alpha value is -2.15. The number of anilines is 2. The minimum atomic E-state index is -0.438. The van der Waals surface area contributed by atoms with Gasteiger partial charge in [0.1, 0.15) is 11.6 Å². The SMILES string of the molecule is CC1c2ccsc2CCN1c1cc([N+](=O)[O-])cc(N)n1. The van der Waals surface area contributed by atoms with Gasteiger partial charge in [-0.1, -0.05) is 0 Å². The molecule has 3 rings (SSSR count). The highest BCUT2D eigenvalue weighted by Crippen LogP contribution is 2.36. The lowest BCUT2D eigenvalue weighted by Gasteiger charge is -2.34. The van der Waals surface area contributed by atoms with E-state index in [-0.39, 0.29) is 17.5 Å². The first-order chi connectivity index (χ1) is 9.56. The maximum atomic E-state index is 10.9. The molecule has 1 aliphatic heterocycles. The quantitative estimate of drug-likeness (QED) is 0.679. The molecule has 0 aliphatic carbocycles. The summed E-state index contributed by atoms with van der Waals surface area (Å²) in [6.45, 7) is 2.88. The van der Waals surface area contributed by atoms with Crippen LogP contribution in [0.25, 0.3) is 0 Å². The first-order valence-electron chi connectivity index (χ1n) is 6.31. The Labute approximate surface area is 120 Å². The number of rotatable bonds is 2. The van der Waals surface area contributed by atoms with Crippen molar-refractivity contribution in [2.75, 3.05) is 17.2 Å². The highest BCUT2D eigenvalue weighted by atomic mass is 32.1. The number of nitrogen functional groups attached to an aromatic ring is 1. The number of nitrogens with zero attached hydrogens (tertiary/aromatic N) is 3. The number of hydrogen-bond acceptors (Lipinski definition) is 6. The molecule has 0 aromatic carbocycles. The van der Waals surface area contributed by atoms with Gasteiger partial charge in [-0.2, -0.15) is 0 Å². The number of thiophene rings is 1. The third kappa shape index (κ3) is 2.09. The van der Waals surface area contributed by atoms with Gasteiger partial charge in [0.05, 0.1) is 23.1 Å². The highest BCUT2D eigenvalue weighted by molar-refractivity contribution is 7.10. The zero-order valence-corrected chi connectivity index (χ0v) is 11.8. The van der Waals surface area contributed by atoms with Gasteiger partial charge >= 0.3 is 0 Å². The molecule has 1 unspecified atom stereocenters. The standard InChI is InChI=1S/C13H14N4O2S/c1-8-10-3-5-20-11(10)2-4-16(8)13-7-9(17(18)19)6-12(14)15-13/h3,5-8H,2,4H2,1H3,(H2,14,15). The molecule has 0 radical (unpaired) electrons. The van der Waals surface area contributed by atoms with Crippen LogP contribution in [0.3, 0.4) is 0 Å². The van der Waals surface area contributed by atoms with Crippen molar-refractivity contribution in [2.45, 2.75) is 19.4 Å². The molecule has 2 aromatic rings. The number of aromatic nitrogens is 1. The molecule has 20 heavy (non-hydrogen) atoms. The van der Waals surface area contributed by atoms with E-state index in [0.717, 1.165) is 13.0 Å². The second-order valence-corrected chi connectivity index (χ2v) is 5.78. The highest BCUT2D eigenvalue weighted by Gasteiger charge is 2.27. The van der Waals surface area contributed by atoms with Gasteiger partial charge in [0.25, 0.3) is 5.69 Å². The Balaban J connectivity index is 2.00. The molecule has 0 saturated heterocycles. The lowest BCUT2D eigenvalue weighted by molar-refractivity contribution is -0.384. The van der Waals surface area contributed by atoms with Crippen molar-refractivity contribution in [1.29, 1.82) is 0 Å². The van der Waals surface area contributed by atoms with Crippen molar-refractivity contribution in [2.24, 2.45) is 0 Å². The Morgan fingerprint density at radius 2 is 2.35 bits per heavy atom. The number of nitrogens with two attached hydrogens (primary N) is 1. The minimum Gasteiger partial charge on any atom is -0.383 e. The van der Waals surface area contributed by atoms with Crippen LogP contribution in [0, 0.1) is 10.1 Å². The normalized spacial score (nSPS) is 17.9. The van der Waals surface area contributed by atoms with Crippen molar-refractivity contribution in [3.8, 4) is 0 Å². The van der Waals surface area contributed by atoms with E-state index in [2.05, 4.69) is 28.3 Å². The molecule has 1 aliphatic rings. The molecule has 6 nitrogen and oxygen atoms in total. The molecule has 2 aromatic heterocycles. The minimum absolute atomic E-state index is 0.0178. The fourth-order valence-corrected chi connectivity index (χ4v) is 3.56. The third-order valence-electron chi connectivity index (χ3n) is 3.60. The molecule has 0 amide bonds. The summed E-state index contributed by atoms with van der Waals surface area (Å²) in [7, 11) is 0. The first-order valence-corrected chi connectivity index (χ1v) is 7.19. The molecular formula is C13H14N4O2S. The van der Waals surface area contributed by atoms with E-state index in [4.69, 9.17) is 5.73 Å². The molecule has 104 valence electrons. The van der Waals surface area contributed by atoms with Gasteiger partial charge < -0.3 is 10.6 Å². The molecule has 0 saturated carbocycles. The average molecular weight is 290 g/mol. The van der Waals surface area contributed by atoms with Gasteiger partial charge in [-0.05, 0) is 30.4 Å². The number of nitro groups is 1. The summed E-state index contributed by atoms with van der Waals surface area (Å²) in [5.41, 5.74) is 6.94. The maximum absolute atomic E-state index is 10.9. The lowest BCUT2D eigenvalue weighted by atomic mass is 10.0. The summed E-state index contributed by atoms with van der Waals surface area (Å²) in [5, 5.41) is 13.0. The summed E-state index contributed by atoms with van der Waals surface area (Å²) < 4.78 is 0. The van der Waals surface area contributed by atoms with Crippen molar-refractivity contribution >= 4 is 28.7 Å². The zero-order valence-electron chi connectivity index (χ0n) is 10.9. The third-order valence-corrected chi connectivity index (χ3v) is 4.60. The summed E-state index contributed by atoms with van der Waals surface area (Å²) in [6, 6.07) is 5.04. The van der Waals surface area contributed by atoms with Crippen LogP contribution in [0.15, 0.2) is 23.6 Å². The van der Waals surface area contributed by atoms with Gasteiger partial charge in [-0.15, -0.1) is 11.3 Å². The van der Waals surface area contributed by atoms with Crippen LogP contribution in [0.1, 0.15) is 23.4 Å². The maximum Gasteiger partial charge on any atom is 0.276 e. The first kappa shape index (κ1) is 12.9. The second-order valence-electron chi connectivity index (χ2n) is 4.78. The van der Waals surface area contributed by atoms with Crippen LogP contribution in [-0.2, 0) is 6.42 Å². The molecular weight excluding hydrogens is 276 g/mol. The van der Waals surface area contributed by atoms with Gasteiger partial charge in [0.2, 0.25) is 0 Å². The van der Waals surface area contributed by atoms with E-state index >= 15 is 0 Å². The molecule has 3 heterocycles. The van der Waals surface area contributed by atoms with E-state index in [1.165, 1.54) is 22.6 Å². The number of pyridine rings is 1.